The molecule has 0 spiro atoms. The Morgan fingerprint density at radius 3 is 2.47 bits per heavy atom. The minimum absolute atomic E-state index is 0.417. The molecule has 1 unspecified atom stereocenters. The zero-order chi connectivity index (χ0) is 13.8. The maximum absolute atomic E-state index is 9.42. The van der Waals surface area contributed by atoms with Crippen molar-refractivity contribution in [2.45, 2.75) is 19.6 Å². The van der Waals surface area contributed by atoms with Gasteiger partial charge in [0.25, 0.3) is 0 Å². The van der Waals surface area contributed by atoms with Gasteiger partial charge < -0.3 is 9.84 Å². The first-order chi connectivity index (χ1) is 9.06. The molecule has 2 rings (SSSR count). The Morgan fingerprint density at radius 1 is 1.21 bits per heavy atom. The van der Waals surface area contributed by atoms with Crippen LogP contribution in [0.1, 0.15) is 24.2 Å². The van der Waals surface area contributed by atoms with Crippen molar-refractivity contribution < 1.29 is 9.84 Å². The predicted octanol–water partition coefficient (Wildman–Crippen LogP) is 4.73. The van der Waals surface area contributed by atoms with Crippen LogP contribution in [0.3, 0.4) is 0 Å². The number of aliphatic hydroxyl groups is 1. The third-order valence-electron chi connectivity index (χ3n) is 2.77. The lowest BCUT2D eigenvalue weighted by Gasteiger charge is -2.09. The third-order valence-corrected chi connectivity index (χ3v) is 3.62. The molecular formula is C15H14BrClO2. The van der Waals surface area contributed by atoms with Crippen molar-refractivity contribution in [3.8, 4) is 5.75 Å². The Hall–Kier alpha value is -1.03. The molecule has 100 valence electrons. The molecule has 2 aromatic carbocycles. The largest absolute Gasteiger partial charge is 0.489 e. The molecule has 1 atom stereocenters. The number of halogens is 2. The number of hydrogen-bond acceptors (Lipinski definition) is 2. The molecule has 2 aromatic rings. The summed E-state index contributed by atoms with van der Waals surface area (Å²) in [6, 6.07) is 13.1. The van der Waals surface area contributed by atoms with Gasteiger partial charge >= 0.3 is 0 Å². The molecule has 0 aromatic heterocycles. The lowest BCUT2D eigenvalue weighted by atomic mass is 10.1. The second kappa shape index (κ2) is 6.42. The molecule has 0 aliphatic rings. The van der Waals surface area contributed by atoms with E-state index in [4.69, 9.17) is 16.3 Å². The van der Waals surface area contributed by atoms with Gasteiger partial charge in [0.05, 0.1) is 6.10 Å². The summed E-state index contributed by atoms with van der Waals surface area (Å²) in [6.45, 7) is 2.15. The van der Waals surface area contributed by atoms with E-state index in [2.05, 4.69) is 15.9 Å². The van der Waals surface area contributed by atoms with Crippen molar-refractivity contribution in [3.05, 3.63) is 63.1 Å². The van der Waals surface area contributed by atoms with Crippen LogP contribution in [0.15, 0.2) is 46.9 Å². The van der Waals surface area contributed by atoms with Crippen molar-refractivity contribution >= 4 is 27.5 Å². The Labute approximate surface area is 126 Å². The van der Waals surface area contributed by atoms with Crippen molar-refractivity contribution in [2.75, 3.05) is 0 Å². The minimum atomic E-state index is -0.463. The van der Waals surface area contributed by atoms with E-state index < -0.39 is 6.10 Å². The van der Waals surface area contributed by atoms with Gasteiger partial charge in [-0.2, -0.15) is 0 Å². The molecule has 0 saturated heterocycles. The van der Waals surface area contributed by atoms with Gasteiger partial charge in [-0.1, -0.05) is 45.7 Å². The van der Waals surface area contributed by atoms with Crippen LogP contribution in [-0.2, 0) is 6.61 Å². The number of hydrogen-bond donors (Lipinski definition) is 1. The number of aliphatic hydroxyl groups excluding tert-OH is 1. The number of benzene rings is 2. The highest BCUT2D eigenvalue weighted by Gasteiger charge is 2.04. The number of ether oxygens (including phenoxy) is 1. The summed E-state index contributed by atoms with van der Waals surface area (Å²) >= 11 is 9.48. The fraction of sp³-hybridized carbons (Fsp3) is 0.200. The van der Waals surface area contributed by atoms with E-state index in [0.29, 0.717) is 11.6 Å². The fourth-order valence-electron chi connectivity index (χ4n) is 1.64. The van der Waals surface area contributed by atoms with Crippen molar-refractivity contribution in [3.63, 3.8) is 0 Å². The van der Waals surface area contributed by atoms with Gasteiger partial charge in [-0.3, -0.25) is 0 Å². The predicted molar refractivity (Wildman–Crippen MR) is 80.6 cm³/mol. The van der Waals surface area contributed by atoms with Gasteiger partial charge in [-0.05, 0) is 36.8 Å². The summed E-state index contributed by atoms with van der Waals surface area (Å²) in [5.41, 5.74) is 1.80. The molecule has 19 heavy (non-hydrogen) atoms. The van der Waals surface area contributed by atoms with Crippen LogP contribution < -0.4 is 4.74 Å². The van der Waals surface area contributed by atoms with E-state index in [0.717, 1.165) is 21.3 Å². The van der Waals surface area contributed by atoms with Crippen LogP contribution in [0.2, 0.25) is 5.02 Å². The summed E-state index contributed by atoms with van der Waals surface area (Å²) in [7, 11) is 0. The molecule has 0 saturated carbocycles. The van der Waals surface area contributed by atoms with Gasteiger partial charge in [0.1, 0.15) is 12.4 Å². The van der Waals surface area contributed by atoms with E-state index in [1.54, 1.807) is 6.92 Å². The highest BCUT2D eigenvalue weighted by molar-refractivity contribution is 9.10. The zero-order valence-electron chi connectivity index (χ0n) is 10.4. The van der Waals surface area contributed by atoms with Crippen molar-refractivity contribution in [2.24, 2.45) is 0 Å². The Kier molecular flexibility index (Phi) is 4.86. The van der Waals surface area contributed by atoms with Crippen LogP contribution in [0.5, 0.6) is 5.75 Å². The summed E-state index contributed by atoms with van der Waals surface area (Å²) in [4.78, 5) is 0. The van der Waals surface area contributed by atoms with Crippen molar-refractivity contribution in [1.82, 2.24) is 0 Å². The molecule has 4 heteroatoms. The van der Waals surface area contributed by atoms with Gasteiger partial charge in [0, 0.05) is 15.1 Å². The molecule has 0 heterocycles. The smallest absolute Gasteiger partial charge is 0.119 e. The molecule has 0 aliphatic heterocycles. The molecule has 0 amide bonds. The second-order valence-corrected chi connectivity index (χ2v) is 5.59. The standard InChI is InChI=1S/C15H14BrClO2/c1-10(18)11-3-6-14(7-4-11)19-9-12-2-5-13(16)8-15(12)17/h2-8,10,18H,9H2,1H3. The first kappa shape index (κ1) is 14.4. The van der Waals surface area contributed by atoms with Gasteiger partial charge in [0.15, 0.2) is 0 Å². The second-order valence-electron chi connectivity index (χ2n) is 4.27. The quantitative estimate of drug-likeness (QED) is 0.870. The molecule has 0 aliphatic carbocycles. The molecule has 0 radical (unpaired) electrons. The average molecular weight is 342 g/mol. The van der Waals surface area contributed by atoms with Gasteiger partial charge in [0.2, 0.25) is 0 Å². The third kappa shape index (κ3) is 3.96. The maximum Gasteiger partial charge on any atom is 0.119 e. The molecule has 0 bridgehead atoms. The Morgan fingerprint density at radius 2 is 1.89 bits per heavy atom. The van der Waals surface area contributed by atoms with E-state index in [1.807, 2.05) is 42.5 Å². The Balaban J connectivity index is 2.02. The summed E-state index contributed by atoms with van der Waals surface area (Å²) in [6.07, 6.45) is -0.463. The van der Waals surface area contributed by atoms with Crippen LogP contribution in [0, 0.1) is 0 Å². The van der Waals surface area contributed by atoms with Crippen LogP contribution in [-0.4, -0.2) is 5.11 Å². The van der Waals surface area contributed by atoms with Crippen LogP contribution >= 0.6 is 27.5 Å². The van der Waals surface area contributed by atoms with E-state index in [9.17, 15) is 5.11 Å². The Bertz CT molecular complexity index is 553. The number of rotatable bonds is 4. The molecular weight excluding hydrogens is 328 g/mol. The maximum atomic E-state index is 9.42. The monoisotopic (exact) mass is 340 g/mol. The van der Waals surface area contributed by atoms with E-state index >= 15 is 0 Å². The highest BCUT2D eigenvalue weighted by atomic mass is 79.9. The topological polar surface area (TPSA) is 29.5 Å². The summed E-state index contributed by atoms with van der Waals surface area (Å²) < 4.78 is 6.61. The minimum Gasteiger partial charge on any atom is -0.489 e. The van der Waals surface area contributed by atoms with E-state index in [-0.39, 0.29) is 0 Å². The summed E-state index contributed by atoms with van der Waals surface area (Å²) in [5, 5.41) is 10.1. The SMILES string of the molecule is CC(O)c1ccc(OCc2ccc(Br)cc2Cl)cc1. The average Bonchev–Trinajstić information content (AvgIpc) is 2.38. The van der Waals surface area contributed by atoms with Crippen molar-refractivity contribution in [1.29, 1.82) is 0 Å². The van der Waals surface area contributed by atoms with E-state index in [1.165, 1.54) is 0 Å². The summed E-state index contributed by atoms with van der Waals surface area (Å²) in [5.74, 6) is 0.753. The zero-order valence-corrected chi connectivity index (χ0v) is 12.8. The van der Waals surface area contributed by atoms with Gasteiger partial charge in [-0.15, -0.1) is 0 Å². The first-order valence-corrected chi connectivity index (χ1v) is 7.08. The molecule has 2 nitrogen and oxygen atoms in total. The highest BCUT2D eigenvalue weighted by Crippen LogP contribution is 2.23. The molecule has 1 N–H and O–H groups in total. The van der Waals surface area contributed by atoms with Crippen LogP contribution in [0.4, 0.5) is 0 Å². The van der Waals surface area contributed by atoms with Crippen LogP contribution in [0.25, 0.3) is 0 Å². The molecule has 0 fully saturated rings. The first-order valence-electron chi connectivity index (χ1n) is 5.91. The lowest BCUT2D eigenvalue weighted by molar-refractivity contribution is 0.199. The fourth-order valence-corrected chi connectivity index (χ4v) is 2.37. The van der Waals surface area contributed by atoms with Gasteiger partial charge in [-0.25, -0.2) is 0 Å². The normalized spacial score (nSPS) is 12.2. The lowest BCUT2D eigenvalue weighted by Crippen LogP contribution is -1.97.